The van der Waals surface area contributed by atoms with E-state index in [0.29, 0.717) is 11.6 Å². The molecule has 0 amide bonds. The van der Waals surface area contributed by atoms with Gasteiger partial charge in [0.1, 0.15) is 11.4 Å². The van der Waals surface area contributed by atoms with Gasteiger partial charge in [-0.2, -0.15) is 5.10 Å². The fourth-order valence-corrected chi connectivity index (χ4v) is 3.48. The molecule has 1 unspecified atom stereocenters. The fourth-order valence-electron chi connectivity index (χ4n) is 3.20. The van der Waals surface area contributed by atoms with E-state index in [1.165, 1.54) is 0 Å². The Morgan fingerprint density at radius 2 is 2.16 bits per heavy atom. The average Bonchev–Trinajstić information content (AvgIpc) is 2.91. The molecule has 1 aromatic carbocycles. The van der Waals surface area contributed by atoms with E-state index < -0.39 is 0 Å². The molecule has 1 fully saturated rings. The van der Waals surface area contributed by atoms with E-state index in [1.807, 2.05) is 25.1 Å². The third kappa shape index (κ3) is 4.35. The van der Waals surface area contributed by atoms with Gasteiger partial charge in [0.15, 0.2) is 5.75 Å². The van der Waals surface area contributed by atoms with Crippen molar-refractivity contribution in [2.75, 3.05) is 19.8 Å². The smallest absolute Gasteiger partial charge is 0.171 e. The lowest BCUT2D eigenvalue weighted by Crippen LogP contribution is -2.44. The summed E-state index contributed by atoms with van der Waals surface area (Å²) in [6.07, 6.45) is 1.68. The Morgan fingerprint density at radius 1 is 1.32 bits per heavy atom. The van der Waals surface area contributed by atoms with Gasteiger partial charge in [-0.1, -0.05) is 25.4 Å². The SMILES string of the molecule is CCc1nn(CC2COCCN2)c(CC)c1Oc1cc(C)cc(Cl)c1. The van der Waals surface area contributed by atoms with Gasteiger partial charge in [-0.05, 0) is 43.5 Å². The maximum absolute atomic E-state index is 6.23. The number of morpholine rings is 1. The zero-order valence-corrected chi connectivity index (χ0v) is 15.9. The van der Waals surface area contributed by atoms with E-state index in [-0.39, 0.29) is 6.04 Å². The van der Waals surface area contributed by atoms with Gasteiger partial charge in [-0.15, -0.1) is 0 Å². The van der Waals surface area contributed by atoms with Crippen molar-refractivity contribution in [2.24, 2.45) is 0 Å². The number of hydrogen-bond acceptors (Lipinski definition) is 4. The van der Waals surface area contributed by atoms with Crippen LogP contribution in [0.2, 0.25) is 5.02 Å². The first-order chi connectivity index (χ1) is 12.1. The van der Waals surface area contributed by atoms with Crippen LogP contribution in [0.4, 0.5) is 0 Å². The van der Waals surface area contributed by atoms with Crippen molar-refractivity contribution in [2.45, 2.75) is 46.2 Å². The monoisotopic (exact) mass is 363 g/mol. The molecular formula is C19H26ClN3O2. The number of aromatic nitrogens is 2. The van der Waals surface area contributed by atoms with Gasteiger partial charge in [-0.25, -0.2) is 0 Å². The van der Waals surface area contributed by atoms with Gasteiger partial charge in [-0.3, -0.25) is 4.68 Å². The number of halogens is 1. The number of rotatable bonds is 6. The Hall–Kier alpha value is -1.56. The molecular weight excluding hydrogens is 338 g/mol. The molecule has 2 aromatic rings. The molecule has 0 aliphatic carbocycles. The van der Waals surface area contributed by atoms with E-state index in [0.717, 1.165) is 61.0 Å². The minimum absolute atomic E-state index is 0.282. The third-order valence-corrected chi connectivity index (χ3v) is 4.59. The van der Waals surface area contributed by atoms with Crippen molar-refractivity contribution < 1.29 is 9.47 Å². The Kier molecular flexibility index (Phi) is 5.99. The molecule has 1 aliphatic rings. The number of aryl methyl sites for hydroxylation is 2. The van der Waals surface area contributed by atoms with Crippen LogP contribution in [0.5, 0.6) is 11.5 Å². The van der Waals surface area contributed by atoms with Crippen LogP contribution >= 0.6 is 11.6 Å². The summed E-state index contributed by atoms with van der Waals surface area (Å²) in [6, 6.07) is 6.05. The lowest BCUT2D eigenvalue weighted by Gasteiger charge is -2.24. The topological polar surface area (TPSA) is 48.3 Å². The van der Waals surface area contributed by atoms with Crippen LogP contribution in [0, 0.1) is 6.92 Å². The number of benzene rings is 1. The molecule has 1 atom stereocenters. The van der Waals surface area contributed by atoms with Crippen molar-refractivity contribution in [3.05, 3.63) is 40.2 Å². The molecule has 5 nitrogen and oxygen atoms in total. The van der Waals surface area contributed by atoms with Crippen LogP contribution in [0.1, 0.15) is 30.8 Å². The standard InChI is InChI=1S/C19H26ClN3O2/c1-4-17-19(25-16-9-13(3)8-14(20)10-16)18(5-2)23(22-17)11-15-12-24-7-6-21-15/h8-10,15,21H,4-7,11-12H2,1-3H3. The molecule has 2 heterocycles. The molecule has 1 aromatic heterocycles. The van der Waals surface area contributed by atoms with Crippen molar-refractivity contribution in [3.8, 4) is 11.5 Å². The van der Waals surface area contributed by atoms with E-state index in [1.54, 1.807) is 0 Å². The normalized spacial score (nSPS) is 17.7. The number of nitrogens with one attached hydrogen (secondary N) is 1. The maximum atomic E-state index is 6.23. The van der Waals surface area contributed by atoms with E-state index in [9.17, 15) is 0 Å². The molecule has 3 rings (SSSR count). The second-order valence-electron chi connectivity index (χ2n) is 6.40. The summed E-state index contributed by atoms with van der Waals surface area (Å²) in [5.41, 5.74) is 3.17. The highest BCUT2D eigenvalue weighted by atomic mass is 35.5. The number of hydrogen-bond donors (Lipinski definition) is 1. The summed E-state index contributed by atoms with van der Waals surface area (Å²) in [5.74, 6) is 1.62. The second-order valence-corrected chi connectivity index (χ2v) is 6.84. The lowest BCUT2D eigenvalue weighted by atomic mass is 10.2. The predicted molar refractivity (Wildman–Crippen MR) is 99.9 cm³/mol. The van der Waals surface area contributed by atoms with Crippen molar-refractivity contribution in [1.29, 1.82) is 0 Å². The first-order valence-corrected chi connectivity index (χ1v) is 9.33. The molecule has 1 aliphatic heterocycles. The highest BCUT2D eigenvalue weighted by Crippen LogP contribution is 2.32. The Balaban J connectivity index is 1.89. The van der Waals surface area contributed by atoms with E-state index in [4.69, 9.17) is 26.2 Å². The van der Waals surface area contributed by atoms with Gasteiger partial charge in [0.2, 0.25) is 0 Å². The Morgan fingerprint density at radius 3 is 2.80 bits per heavy atom. The Labute approximate surface area is 154 Å². The molecule has 6 heteroatoms. The van der Waals surface area contributed by atoms with Gasteiger partial charge in [0.25, 0.3) is 0 Å². The molecule has 0 spiro atoms. The van der Waals surface area contributed by atoms with Gasteiger partial charge in [0, 0.05) is 11.6 Å². The first kappa shape index (κ1) is 18.2. The lowest BCUT2D eigenvalue weighted by molar-refractivity contribution is 0.0699. The van der Waals surface area contributed by atoms with E-state index >= 15 is 0 Å². The zero-order valence-electron chi connectivity index (χ0n) is 15.1. The van der Waals surface area contributed by atoms with E-state index in [2.05, 4.69) is 23.8 Å². The summed E-state index contributed by atoms with van der Waals surface area (Å²) >= 11 is 6.17. The summed E-state index contributed by atoms with van der Waals surface area (Å²) in [5, 5.41) is 8.97. The third-order valence-electron chi connectivity index (χ3n) is 4.37. The van der Waals surface area contributed by atoms with Gasteiger partial charge in [0.05, 0.1) is 31.5 Å². The average molecular weight is 364 g/mol. The summed E-state index contributed by atoms with van der Waals surface area (Å²) in [6.45, 7) is 9.41. The van der Waals surface area contributed by atoms with Crippen molar-refractivity contribution in [1.82, 2.24) is 15.1 Å². The highest BCUT2D eigenvalue weighted by Gasteiger charge is 2.21. The molecule has 1 N–H and O–H groups in total. The van der Waals surface area contributed by atoms with Crippen molar-refractivity contribution >= 4 is 11.6 Å². The Bertz CT molecular complexity index is 703. The molecule has 1 saturated heterocycles. The number of ether oxygens (including phenoxy) is 2. The first-order valence-electron chi connectivity index (χ1n) is 8.95. The summed E-state index contributed by atoms with van der Waals surface area (Å²) in [7, 11) is 0. The molecule has 0 saturated carbocycles. The molecule has 25 heavy (non-hydrogen) atoms. The van der Waals surface area contributed by atoms with Crippen molar-refractivity contribution in [3.63, 3.8) is 0 Å². The second kappa shape index (κ2) is 8.21. The van der Waals surface area contributed by atoms with Crippen LogP contribution in [0.3, 0.4) is 0 Å². The van der Waals surface area contributed by atoms with Crippen LogP contribution in [-0.2, 0) is 24.1 Å². The minimum atomic E-state index is 0.282. The largest absolute Gasteiger partial charge is 0.453 e. The maximum Gasteiger partial charge on any atom is 0.171 e. The van der Waals surface area contributed by atoms with Crippen LogP contribution in [0.25, 0.3) is 0 Å². The summed E-state index contributed by atoms with van der Waals surface area (Å²) < 4.78 is 13.9. The van der Waals surface area contributed by atoms with Crippen LogP contribution in [0.15, 0.2) is 18.2 Å². The van der Waals surface area contributed by atoms with Crippen LogP contribution < -0.4 is 10.1 Å². The predicted octanol–water partition coefficient (Wildman–Crippen LogP) is 3.75. The molecule has 0 bridgehead atoms. The van der Waals surface area contributed by atoms with Gasteiger partial charge >= 0.3 is 0 Å². The number of nitrogens with zero attached hydrogens (tertiary/aromatic N) is 2. The van der Waals surface area contributed by atoms with Crippen LogP contribution in [-0.4, -0.2) is 35.6 Å². The van der Waals surface area contributed by atoms with Gasteiger partial charge < -0.3 is 14.8 Å². The minimum Gasteiger partial charge on any atom is -0.453 e. The fraction of sp³-hybridized carbons (Fsp3) is 0.526. The summed E-state index contributed by atoms with van der Waals surface area (Å²) in [4.78, 5) is 0. The zero-order chi connectivity index (χ0) is 17.8. The quantitative estimate of drug-likeness (QED) is 0.849. The molecule has 0 radical (unpaired) electrons. The highest BCUT2D eigenvalue weighted by molar-refractivity contribution is 6.30. The molecule has 136 valence electrons.